The molecule has 0 aliphatic carbocycles. The molecule has 5 nitrogen and oxygen atoms in total. The van der Waals surface area contributed by atoms with E-state index in [-0.39, 0.29) is 12.5 Å². The van der Waals surface area contributed by atoms with Crippen molar-refractivity contribution >= 4 is 29.2 Å². The van der Waals surface area contributed by atoms with Gasteiger partial charge in [-0.1, -0.05) is 12.1 Å². The maximum atomic E-state index is 11.8. The van der Waals surface area contributed by atoms with Gasteiger partial charge in [0.2, 0.25) is 5.91 Å². The van der Waals surface area contributed by atoms with Crippen LogP contribution in [0, 0.1) is 11.7 Å². The van der Waals surface area contributed by atoms with E-state index in [1.165, 1.54) is 0 Å². The van der Waals surface area contributed by atoms with Crippen molar-refractivity contribution in [2.24, 2.45) is 0 Å². The van der Waals surface area contributed by atoms with Crippen molar-refractivity contribution < 1.29 is 9.53 Å². The fourth-order valence-corrected chi connectivity index (χ4v) is 2.31. The third-order valence-electron chi connectivity index (χ3n) is 2.92. The Morgan fingerprint density at radius 1 is 1.53 bits per heavy atom. The molecule has 0 spiro atoms. The predicted molar refractivity (Wildman–Crippen MR) is 76.7 cm³/mol. The molecule has 0 saturated heterocycles. The quantitative estimate of drug-likeness (QED) is 0.648. The summed E-state index contributed by atoms with van der Waals surface area (Å²) in [5, 5.41) is 2.79. The number of hydrogen-bond acceptors (Lipinski definition) is 3. The van der Waals surface area contributed by atoms with Gasteiger partial charge in [-0.15, -0.1) is 0 Å². The van der Waals surface area contributed by atoms with Crippen LogP contribution in [-0.2, 0) is 16.1 Å². The Labute approximate surface area is 116 Å². The number of rotatable bonds is 5. The molecule has 0 bridgehead atoms. The number of aromatic amines is 1. The van der Waals surface area contributed by atoms with Crippen molar-refractivity contribution in [3.8, 4) is 0 Å². The maximum absolute atomic E-state index is 11.8. The molecule has 1 amide bonds. The molecule has 0 fully saturated rings. The van der Waals surface area contributed by atoms with Crippen molar-refractivity contribution in [3.63, 3.8) is 0 Å². The second kappa shape index (κ2) is 5.99. The third kappa shape index (κ3) is 3.02. The molecule has 0 aliphatic rings. The predicted octanol–water partition coefficient (Wildman–Crippen LogP) is 1.77. The van der Waals surface area contributed by atoms with Crippen LogP contribution in [0.25, 0.3) is 11.0 Å². The number of methoxy groups -OCH3 is 1. The highest BCUT2D eigenvalue weighted by atomic mass is 32.1. The fourth-order valence-electron chi connectivity index (χ4n) is 2.05. The summed E-state index contributed by atoms with van der Waals surface area (Å²) < 4.78 is 7.28. The second-order valence-electron chi connectivity index (χ2n) is 4.33. The van der Waals surface area contributed by atoms with Gasteiger partial charge in [0.15, 0.2) is 4.77 Å². The number of imidazole rings is 1. The zero-order valence-electron chi connectivity index (χ0n) is 11.0. The molecule has 0 unspecified atom stereocenters. The van der Waals surface area contributed by atoms with E-state index in [0.717, 1.165) is 16.6 Å². The first-order chi connectivity index (χ1) is 9.13. The van der Waals surface area contributed by atoms with Crippen LogP contribution in [0.5, 0.6) is 0 Å². The zero-order chi connectivity index (χ0) is 13.8. The summed E-state index contributed by atoms with van der Waals surface area (Å²) >= 11 is 5.27. The molecule has 19 heavy (non-hydrogen) atoms. The van der Waals surface area contributed by atoms with Gasteiger partial charge < -0.3 is 19.6 Å². The Morgan fingerprint density at radius 3 is 3.05 bits per heavy atom. The topological polar surface area (TPSA) is 59.0 Å². The van der Waals surface area contributed by atoms with Crippen LogP contribution in [0.3, 0.4) is 0 Å². The number of benzene rings is 1. The summed E-state index contributed by atoms with van der Waals surface area (Å²) in [6.45, 7) is 3.23. The number of hydrogen-bond donors (Lipinski definition) is 2. The van der Waals surface area contributed by atoms with E-state index in [2.05, 4.69) is 10.3 Å². The number of para-hydroxylation sites is 1. The number of H-pyrrole nitrogens is 1. The number of carbonyl (C=O) groups excluding carboxylic acids is 1. The molecule has 1 aromatic heterocycles. The molecular formula is C13H17N3O2S. The molecule has 102 valence electrons. The van der Waals surface area contributed by atoms with Crippen LogP contribution in [0.1, 0.15) is 5.56 Å². The van der Waals surface area contributed by atoms with Crippen molar-refractivity contribution in [3.05, 3.63) is 28.5 Å². The zero-order valence-corrected chi connectivity index (χ0v) is 11.8. The molecule has 6 heteroatoms. The minimum Gasteiger partial charge on any atom is -0.383 e. The molecule has 0 aliphatic heterocycles. The van der Waals surface area contributed by atoms with Gasteiger partial charge in [0.05, 0.1) is 17.6 Å². The van der Waals surface area contributed by atoms with Crippen LogP contribution in [-0.4, -0.2) is 35.7 Å². The van der Waals surface area contributed by atoms with Crippen LogP contribution in [0.4, 0.5) is 0 Å². The SMILES string of the molecule is COCCNC(=O)Cn1c(=S)[nH]c2cccc(C)c21. The number of nitrogens with one attached hydrogen (secondary N) is 2. The lowest BCUT2D eigenvalue weighted by Gasteiger charge is -2.07. The van der Waals surface area contributed by atoms with Gasteiger partial charge in [-0.3, -0.25) is 4.79 Å². The van der Waals surface area contributed by atoms with Gasteiger partial charge in [0.1, 0.15) is 6.54 Å². The summed E-state index contributed by atoms with van der Waals surface area (Å²) in [5.41, 5.74) is 3.03. The van der Waals surface area contributed by atoms with E-state index in [0.29, 0.717) is 17.9 Å². The Balaban J connectivity index is 2.23. The molecule has 1 heterocycles. The van der Waals surface area contributed by atoms with E-state index in [1.807, 2.05) is 29.7 Å². The highest BCUT2D eigenvalue weighted by molar-refractivity contribution is 7.71. The molecule has 2 N–H and O–H groups in total. The first kappa shape index (κ1) is 13.8. The van der Waals surface area contributed by atoms with Crippen LogP contribution < -0.4 is 5.32 Å². The Kier molecular flexibility index (Phi) is 4.34. The highest BCUT2D eigenvalue weighted by Gasteiger charge is 2.10. The monoisotopic (exact) mass is 279 g/mol. The average Bonchev–Trinajstić information content (AvgIpc) is 2.67. The Morgan fingerprint density at radius 2 is 2.32 bits per heavy atom. The van der Waals surface area contributed by atoms with Crippen molar-refractivity contribution in [2.75, 3.05) is 20.3 Å². The van der Waals surface area contributed by atoms with E-state index in [1.54, 1.807) is 7.11 Å². The number of ether oxygens (including phenoxy) is 1. The molecule has 1 aromatic carbocycles. The van der Waals surface area contributed by atoms with Gasteiger partial charge in [-0.25, -0.2) is 0 Å². The van der Waals surface area contributed by atoms with E-state index in [4.69, 9.17) is 17.0 Å². The second-order valence-corrected chi connectivity index (χ2v) is 4.72. The molecule has 0 saturated carbocycles. The number of aryl methyl sites for hydroxylation is 1. The third-order valence-corrected chi connectivity index (χ3v) is 3.25. The lowest BCUT2D eigenvalue weighted by Crippen LogP contribution is -2.30. The number of aromatic nitrogens is 2. The minimum atomic E-state index is -0.0719. The van der Waals surface area contributed by atoms with Crippen molar-refractivity contribution in [1.29, 1.82) is 0 Å². The number of carbonyl (C=O) groups is 1. The van der Waals surface area contributed by atoms with E-state index >= 15 is 0 Å². The molecule has 2 rings (SSSR count). The lowest BCUT2D eigenvalue weighted by atomic mass is 10.2. The first-order valence-corrected chi connectivity index (χ1v) is 6.48. The van der Waals surface area contributed by atoms with Gasteiger partial charge in [-0.05, 0) is 30.8 Å². The molecule has 0 radical (unpaired) electrons. The van der Waals surface area contributed by atoms with Crippen LogP contribution in [0.15, 0.2) is 18.2 Å². The molecular weight excluding hydrogens is 262 g/mol. The van der Waals surface area contributed by atoms with Gasteiger partial charge in [0.25, 0.3) is 0 Å². The molecule has 2 aromatic rings. The number of amides is 1. The normalized spacial score (nSPS) is 10.8. The lowest BCUT2D eigenvalue weighted by molar-refractivity contribution is -0.121. The van der Waals surface area contributed by atoms with Crippen LogP contribution >= 0.6 is 12.2 Å². The maximum Gasteiger partial charge on any atom is 0.240 e. The first-order valence-electron chi connectivity index (χ1n) is 6.07. The van der Waals surface area contributed by atoms with Gasteiger partial charge in [0, 0.05) is 13.7 Å². The fraction of sp³-hybridized carbons (Fsp3) is 0.385. The highest BCUT2D eigenvalue weighted by Crippen LogP contribution is 2.17. The smallest absolute Gasteiger partial charge is 0.240 e. The average molecular weight is 279 g/mol. The number of fused-ring (bicyclic) bond motifs is 1. The largest absolute Gasteiger partial charge is 0.383 e. The van der Waals surface area contributed by atoms with Crippen molar-refractivity contribution in [1.82, 2.24) is 14.9 Å². The summed E-state index contributed by atoms with van der Waals surface area (Å²) in [6, 6.07) is 5.92. The van der Waals surface area contributed by atoms with E-state index in [9.17, 15) is 4.79 Å². The van der Waals surface area contributed by atoms with Gasteiger partial charge >= 0.3 is 0 Å². The molecule has 0 atom stereocenters. The standard InChI is InChI=1S/C13H17N3O2S/c1-9-4-3-5-10-12(9)16(13(19)15-10)8-11(17)14-6-7-18-2/h3-5H,6-8H2,1-2H3,(H,14,17)(H,15,19). The summed E-state index contributed by atoms with van der Waals surface area (Å²) in [6.07, 6.45) is 0. The summed E-state index contributed by atoms with van der Waals surface area (Å²) in [4.78, 5) is 15.0. The Bertz CT molecular complexity index is 645. The Hall–Kier alpha value is -1.66. The minimum absolute atomic E-state index is 0.0719. The summed E-state index contributed by atoms with van der Waals surface area (Å²) in [5.74, 6) is -0.0719. The van der Waals surface area contributed by atoms with Crippen LogP contribution in [0.2, 0.25) is 0 Å². The van der Waals surface area contributed by atoms with Gasteiger partial charge in [-0.2, -0.15) is 0 Å². The van der Waals surface area contributed by atoms with E-state index < -0.39 is 0 Å². The van der Waals surface area contributed by atoms with Crippen molar-refractivity contribution in [2.45, 2.75) is 13.5 Å². The summed E-state index contributed by atoms with van der Waals surface area (Å²) in [7, 11) is 1.60. The number of nitrogens with zero attached hydrogens (tertiary/aromatic N) is 1.